The van der Waals surface area contributed by atoms with Crippen molar-refractivity contribution < 1.29 is 14.7 Å². The standard InChI is InChI=1S/C18H14BrClN2O3/c1-10-2-4-11(5-3-10)9-22-17(24)15(21-18(22)25)7-12-6-13(20)8-14(19)16(12)23/h2-8,23H,9H2,1H3,(H,21,25)/b15-7+. The van der Waals surface area contributed by atoms with Gasteiger partial charge in [-0.3, -0.25) is 9.69 Å². The lowest BCUT2D eigenvalue weighted by Gasteiger charge is -2.11. The average Bonchev–Trinajstić information content (AvgIpc) is 2.81. The van der Waals surface area contributed by atoms with Gasteiger partial charge in [0.15, 0.2) is 0 Å². The van der Waals surface area contributed by atoms with E-state index in [1.807, 2.05) is 31.2 Å². The van der Waals surface area contributed by atoms with E-state index in [-0.39, 0.29) is 18.0 Å². The summed E-state index contributed by atoms with van der Waals surface area (Å²) < 4.78 is 0.403. The summed E-state index contributed by atoms with van der Waals surface area (Å²) in [4.78, 5) is 25.8. The fraction of sp³-hybridized carbons (Fsp3) is 0.111. The third-order valence-corrected chi connectivity index (χ3v) is 4.60. The molecule has 2 aromatic rings. The van der Waals surface area contributed by atoms with Crippen molar-refractivity contribution in [2.24, 2.45) is 0 Å². The lowest BCUT2D eigenvalue weighted by molar-refractivity contribution is -0.123. The second-order valence-electron chi connectivity index (χ2n) is 5.69. The molecule has 0 aromatic heterocycles. The molecule has 0 atom stereocenters. The number of carbonyl (C=O) groups excluding carboxylic acids is 2. The van der Waals surface area contributed by atoms with Crippen molar-refractivity contribution in [1.29, 1.82) is 0 Å². The summed E-state index contributed by atoms with van der Waals surface area (Å²) in [6.45, 7) is 2.14. The Morgan fingerprint density at radius 3 is 2.60 bits per heavy atom. The van der Waals surface area contributed by atoms with Gasteiger partial charge in [0.2, 0.25) is 0 Å². The first-order chi connectivity index (χ1) is 11.8. The van der Waals surface area contributed by atoms with Crippen LogP contribution in [0.1, 0.15) is 16.7 Å². The number of aryl methyl sites for hydroxylation is 1. The number of benzene rings is 2. The first-order valence-electron chi connectivity index (χ1n) is 7.43. The Hall–Kier alpha value is -2.31. The monoisotopic (exact) mass is 420 g/mol. The highest BCUT2D eigenvalue weighted by Gasteiger charge is 2.33. The topological polar surface area (TPSA) is 69.6 Å². The molecule has 128 valence electrons. The molecule has 0 saturated carbocycles. The molecule has 1 saturated heterocycles. The van der Waals surface area contributed by atoms with E-state index in [0.29, 0.717) is 15.1 Å². The van der Waals surface area contributed by atoms with Crippen molar-refractivity contribution in [2.45, 2.75) is 13.5 Å². The molecule has 0 spiro atoms. The Morgan fingerprint density at radius 2 is 1.92 bits per heavy atom. The number of nitrogens with zero attached hydrogens (tertiary/aromatic N) is 1. The average molecular weight is 422 g/mol. The number of rotatable bonds is 3. The van der Waals surface area contributed by atoms with Gasteiger partial charge in [-0.1, -0.05) is 41.4 Å². The van der Waals surface area contributed by atoms with Gasteiger partial charge < -0.3 is 10.4 Å². The van der Waals surface area contributed by atoms with E-state index in [4.69, 9.17) is 11.6 Å². The fourth-order valence-corrected chi connectivity index (χ4v) is 3.28. The molecule has 1 heterocycles. The van der Waals surface area contributed by atoms with Crippen LogP contribution in [0.2, 0.25) is 5.02 Å². The zero-order chi connectivity index (χ0) is 18.1. The van der Waals surface area contributed by atoms with Crippen LogP contribution in [0.15, 0.2) is 46.6 Å². The van der Waals surface area contributed by atoms with E-state index in [9.17, 15) is 14.7 Å². The first-order valence-corrected chi connectivity index (χ1v) is 8.60. The number of phenols is 1. The van der Waals surface area contributed by atoms with Crippen molar-refractivity contribution in [3.63, 3.8) is 0 Å². The minimum Gasteiger partial charge on any atom is -0.506 e. The molecule has 7 heteroatoms. The molecule has 0 radical (unpaired) electrons. The maximum Gasteiger partial charge on any atom is 0.329 e. The Morgan fingerprint density at radius 1 is 1.24 bits per heavy atom. The van der Waals surface area contributed by atoms with Crippen molar-refractivity contribution >= 4 is 45.5 Å². The molecule has 1 fully saturated rings. The summed E-state index contributed by atoms with van der Waals surface area (Å²) in [7, 11) is 0. The van der Waals surface area contributed by atoms with Crippen LogP contribution >= 0.6 is 27.5 Å². The Kier molecular flexibility index (Phi) is 4.83. The van der Waals surface area contributed by atoms with Gasteiger partial charge >= 0.3 is 6.03 Å². The normalized spacial score (nSPS) is 15.8. The highest BCUT2D eigenvalue weighted by Crippen LogP contribution is 2.33. The largest absolute Gasteiger partial charge is 0.506 e. The predicted octanol–water partition coefficient (Wildman–Crippen LogP) is 4.21. The van der Waals surface area contributed by atoms with Crippen LogP contribution in [0.4, 0.5) is 4.79 Å². The third-order valence-electron chi connectivity index (χ3n) is 3.78. The number of hydrogen-bond acceptors (Lipinski definition) is 3. The number of nitrogens with one attached hydrogen (secondary N) is 1. The maximum absolute atomic E-state index is 12.5. The molecule has 3 amide bonds. The van der Waals surface area contributed by atoms with Crippen LogP contribution in [0.5, 0.6) is 5.75 Å². The molecule has 1 aliphatic heterocycles. The molecular weight excluding hydrogens is 408 g/mol. The van der Waals surface area contributed by atoms with E-state index < -0.39 is 11.9 Å². The first kappa shape index (κ1) is 17.5. The van der Waals surface area contributed by atoms with Gasteiger partial charge in [0, 0.05) is 10.6 Å². The van der Waals surface area contributed by atoms with Gasteiger partial charge in [-0.2, -0.15) is 0 Å². The van der Waals surface area contributed by atoms with Gasteiger partial charge in [0.05, 0.1) is 11.0 Å². The van der Waals surface area contributed by atoms with Crippen molar-refractivity contribution in [3.8, 4) is 5.75 Å². The summed E-state index contributed by atoms with van der Waals surface area (Å²) in [5.74, 6) is -0.517. The second kappa shape index (κ2) is 6.90. The highest BCUT2D eigenvalue weighted by atomic mass is 79.9. The van der Waals surface area contributed by atoms with Crippen molar-refractivity contribution in [1.82, 2.24) is 10.2 Å². The van der Waals surface area contributed by atoms with Crippen LogP contribution in [-0.4, -0.2) is 21.9 Å². The molecule has 1 aliphatic rings. The Labute approximate surface area is 158 Å². The van der Waals surface area contributed by atoms with Crippen LogP contribution in [0.3, 0.4) is 0 Å². The second-order valence-corrected chi connectivity index (χ2v) is 6.98. The number of urea groups is 1. The molecule has 0 unspecified atom stereocenters. The summed E-state index contributed by atoms with van der Waals surface area (Å²) in [5.41, 5.74) is 2.37. The number of imide groups is 1. The number of carbonyl (C=O) groups is 2. The molecule has 25 heavy (non-hydrogen) atoms. The van der Waals surface area contributed by atoms with E-state index in [1.165, 1.54) is 18.2 Å². The molecule has 5 nitrogen and oxygen atoms in total. The zero-order valence-electron chi connectivity index (χ0n) is 13.2. The van der Waals surface area contributed by atoms with Gasteiger partial charge in [0.1, 0.15) is 11.4 Å². The van der Waals surface area contributed by atoms with Crippen LogP contribution < -0.4 is 5.32 Å². The van der Waals surface area contributed by atoms with Crippen molar-refractivity contribution in [3.05, 3.63) is 68.3 Å². The summed E-state index contributed by atoms with van der Waals surface area (Å²) in [5, 5.41) is 13.0. The van der Waals surface area contributed by atoms with Crippen LogP contribution in [0, 0.1) is 6.92 Å². The van der Waals surface area contributed by atoms with Gasteiger partial charge in [-0.05, 0) is 46.6 Å². The summed E-state index contributed by atoms with van der Waals surface area (Å²) >= 11 is 9.16. The van der Waals surface area contributed by atoms with E-state index in [1.54, 1.807) is 0 Å². The lowest BCUT2D eigenvalue weighted by atomic mass is 10.1. The highest BCUT2D eigenvalue weighted by molar-refractivity contribution is 9.10. The molecule has 2 aromatic carbocycles. The summed E-state index contributed by atoms with van der Waals surface area (Å²) in [6, 6.07) is 10.1. The predicted molar refractivity (Wildman–Crippen MR) is 99.1 cm³/mol. The van der Waals surface area contributed by atoms with Crippen LogP contribution in [-0.2, 0) is 11.3 Å². The van der Waals surface area contributed by atoms with Gasteiger partial charge in [-0.15, -0.1) is 0 Å². The van der Waals surface area contributed by atoms with E-state index in [2.05, 4.69) is 21.2 Å². The van der Waals surface area contributed by atoms with Gasteiger partial charge in [-0.25, -0.2) is 4.79 Å². The van der Waals surface area contributed by atoms with E-state index in [0.717, 1.165) is 16.0 Å². The number of phenolic OH excluding ortho intramolecular Hbond substituents is 1. The zero-order valence-corrected chi connectivity index (χ0v) is 15.6. The molecule has 2 N–H and O–H groups in total. The number of amides is 3. The number of hydrogen-bond donors (Lipinski definition) is 2. The minimum absolute atomic E-state index is 0.0593. The maximum atomic E-state index is 12.5. The van der Waals surface area contributed by atoms with Crippen LogP contribution in [0.25, 0.3) is 6.08 Å². The quantitative estimate of drug-likeness (QED) is 0.576. The van der Waals surface area contributed by atoms with Crippen molar-refractivity contribution in [2.75, 3.05) is 0 Å². The minimum atomic E-state index is -0.502. The van der Waals surface area contributed by atoms with Gasteiger partial charge in [0.25, 0.3) is 5.91 Å². The number of aromatic hydroxyl groups is 1. The summed E-state index contributed by atoms with van der Waals surface area (Å²) in [6.07, 6.45) is 1.40. The Balaban J connectivity index is 1.87. The molecule has 0 aliphatic carbocycles. The molecular formula is C18H14BrClN2O3. The Bertz CT molecular complexity index is 894. The molecule has 0 bridgehead atoms. The SMILES string of the molecule is Cc1ccc(CN2C(=O)N/C(=C/c3cc(Cl)cc(Br)c3O)C2=O)cc1. The number of halogens is 2. The van der Waals surface area contributed by atoms with E-state index >= 15 is 0 Å². The third kappa shape index (κ3) is 3.70. The smallest absolute Gasteiger partial charge is 0.329 e. The fourth-order valence-electron chi connectivity index (χ4n) is 2.44. The molecule has 3 rings (SSSR count). The lowest BCUT2D eigenvalue weighted by Crippen LogP contribution is -2.30.